The number of carbonyl (C=O) groups excluding carboxylic acids is 1. The first-order valence-electron chi connectivity index (χ1n) is 9.31. The van der Waals surface area contributed by atoms with Crippen LogP contribution in [0.5, 0.6) is 5.88 Å². The highest BCUT2D eigenvalue weighted by atomic mass is 35.5. The molecule has 0 fully saturated rings. The van der Waals surface area contributed by atoms with Crippen molar-refractivity contribution in [3.05, 3.63) is 81.1 Å². The molecule has 1 heterocycles. The molecular formula is C22H22ClN3O3. The van der Waals surface area contributed by atoms with Gasteiger partial charge in [-0.15, -0.1) is 5.10 Å². The number of hydrogen-bond acceptors (Lipinski definition) is 4. The van der Waals surface area contributed by atoms with Gasteiger partial charge in [0.2, 0.25) is 5.88 Å². The van der Waals surface area contributed by atoms with Gasteiger partial charge in [0.15, 0.2) is 6.10 Å². The fraction of sp³-hybridized carbons (Fsp3) is 0.227. The van der Waals surface area contributed by atoms with Gasteiger partial charge in [0.1, 0.15) is 0 Å². The molecule has 0 saturated heterocycles. The van der Waals surface area contributed by atoms with Gasteiger partial charge in [0.05, 0.1) is 5.69 Å². The predicted molar refractivity (Wildman–Crippen MR) is 114 cm³/mol. The second-order valence-corrected chi connectivity index (χ2v) is 7.05. The Hall–Kier alpha value is -3.12. The molecule has 1 atom stereocenters. The van der Waals surface area contributed by atoms with Crippen LogP contribution >= 0.6 is 11.6 Å². The van der Waals surface area contributed by atoms with Crippen LogP contribution in [0, 0.1) is 6.92 Å². The SMILES string of the molecule is CCc1ccccc1NC(=O)C(C)Oc1ccc(=O)n(-c2cc(Cl)ccc2C)n1. The monoisotopic (exact) mass is 411 g/mol. The summed E-state index contributed by atoms with van der Waals surface area (Å²) in [6.45, 7) is 5.51. The molecule has 29 heavy (non-hydrogen) atoms. The average Bonchev–Trinajstić information content (AvgIpc) is 2.71. The van der Waals surface area contributed by atoms with Crippen LogP contribution in [0.15, 0.2) is 59.4 Å². The molecule has 2 aromatic carbocycles. The van der Waals surface area contributed by atoms with Gasteiger partial charge in [0.25, 0.3) is 11.5 Å². The summed E-state index contributed by atoms with van der Waals surface area (Å²) in [5, 5.41) is 7.62. The van der Waals surface area contributed by atoms with E-state index in [1.165, 1.54) is 16.8 Å². The van der Waals surface area contributed by atoms with Crippen molar-refractivity contribution < 1.29 is 9.53 Å². The maximum absolute atomic E-state index is 12.6. The number of rotatable bonds is 6. The van der Waals surface area contributed by atoms with Gasteiger partial charge in [-0.25, -0.2) is 0 Å². The van der Waals surface area contributed by atoms with E-state index in [4.69, 9.17) is 16.3 Å². The number of nitrogens with zero attached hydrogens (tertiary/aromatic N) is 2. The molecule has 6 nitrogen and oxygen atoms in total. The van der Waals surface area contributed by atoms with Gasteiger partial charge in [-0.2, -0.15) is 4.68 Å². The van der Waals surface area contributed by atoms with Crippen LogP contribution in [0.2, 0.25) is 5.02 Å². The summed E-state index contributed by atoms with van der Waals surface area (Å²) < 4.78 is 6.91. The van der Waals surface area contributed by atoms with Crippen LogP contribution in [0.25, 0.3) is 5.69 Å². The summed E-state index contributed by atoms with van der Waals surface area (Å²) in [6, 6.07) is 15.6. The van der Waals surface area contributed by atoms with E-state index >= 15 is 0 Å². The number of amides is 1. The van der Waals surface area contributed by atoms with Crippen LogP contribution in [0.4, 0.5) is 5.69 Å². The van der Waals surface area contributed by atoms with E-state index in [1.807, 2.05) is 38.1 Å². The van der Waals surface area contributed by atoms with E-state index in [0.29, 0.717) is 10.7 Å². The molecule has 0 saturated carbocycles. The standard InChI is InChI=1S/C22H22ClN3O3/c1-4-16-7-5-6-8-18(16)24-22(28)15(3)29-20-11-12-21(27)26(25-20)19-13-17(23)10-9-14(19)2/h5-13,15H,4H2,1-3H3,(H,24,28). The van der Waals surface area contributed by atoms with Gasteiger partial charge in [-0.3, -0.25) is 9.59 Å². The topological polar surface area (TPSA) is 73.2 Å². The molecule has 0 aliphatic carbocycles. The summed E-state index contributed by atoms with van der Waals surface area (Å²) in [7, 11) is 0. The van der Waals surface area contributed by atoms with E-state index in [1.54, 1.807) is 25.1 Å². The maximum Gasteiger partial charge on any atom is 0.271 e. The Labute approximate surface area is 174 Å². The second kappa shape index (κ2) is 8.92. The quantitative estimate of drug-likeness (QED) is 0.660. The zero-order chi connectivity index (χ0) is 21.0. The molecule has 0 aliphatic heterocycles. The van der Waals surface area contributed by atoms with Crippen molar-refractivity contribution in [2.45, 2.75) is 33.3 Å². The molecule has 1 amide bonds. The van der Waals surface area contributed by atoms with Crippen molar-refractivity contribution in [2.75, 3.05) is 5.32 Å². The number of anilines is 1. The molecule has 0 aliphatic rings. The summed E-state index contributed by atoms with van der Waals surface area (Å²) >= 11 is 6.06. The van der Waals surface area contributed by atoms with Gasteiger partial charge in [-0.05, 0) is 49.6 Å². The molecule has 1 unspecified atom stereocenters. The van der Waals surface area contributed by atoms with E-state index in [-0.39, 0.29) is 17.3 Å². The number of hydrogen-bond donors (Lipinski definition) is 1. The number of benzene rings is 2. The minimum Gasteiger partial charge on any atom is -0.463 e. The van der Waals surface area contributed by atoms with Crippen LogP contribution in [-0.4, -0.2) is 21.8 Å². The highest BCUT2D eigenvalue weighted by molar-refractivity contribution is 6.30. The fourth-order valence-electron chi connectivity index (χ4n) is 2.86. The minimum absolute atomic E-state index is 0.162. The number of aryl methyl sites for hydroxylation is 2. The van der Waals surface area contributed by atoms with E-state index in [9.17, 15) is 9.59 Å². The van der Waals surface area contributed by atoms with E-state index in [0.717, 1.165) is 23.2 Å². The molecule has 3 rings (SSSR count). The van der Waals surface area contributed by atoms with Crippen molar-refractivity contribution >= 4 is 23.2 Å². The van der Waals surface area contributed by atoms with Gasteiger partial charge in [0, 0.05) is 22.8 Å². The lowest BCUT2D eigenvalue weighted by Crippen LogP contribution is -2.31. The molecule has 0 bridgehead atoms. The van der Waals surface area contributed by atoms with Crippen molar-refractivity contribution in [3.8, 4) is 11.6 Å². The largest absolute Gasteiger partial charge is 0.463 e. The summed E-state index contributed by atoms with van der Waals surface area (Å²) in [4.78, 5) is 24.8. The molecule has 0 spiro atoms. The third-order valence-corrected chi connectivity index (χ3v) is 4.73. The average molecular weight is 412 g/mol. The fourth-order valence-corrected chi connectivity index (χ4v) is 3.03. The lowest BCUT2D eigenvalue weighted by Gasteiger charge is -2.16. The highest BCUT2D eigenvalue weighted by Crippen LogP contribution is 2.19. The predicted octanol–water partition coefficient (Wildman–Crippen LogP) is 4.16. The number of halogens is 1. The molecule has 1 N–H and O–H groups in total. The number of aromatic nitrogens is 2. The Bertz CT molecular complexity index is 1090. The zero-order valence-electron chi connectivity index (χ0n) is 16.5. The third-order valence-electron chi connectivity index (χ3n) is 4.50. The number of carbonyl (C=O) groups is 1. The highest BCUT2D eigenvalue weighted by Gasteiger charge is 2.17. The number of nitrogens with one attached hydrogen (secondary N) is 1. The number of para-hydroxylation sites is 1. The molecule has 1 aromatic heterocycles. The zero-order valence-corrected chi connectivity index (χ0v) is 17.2. The van der Waals surface area contributed by atoms with Crippen molar-refractivity contribution in [2.24, 2.45) is 0 Å². The molecule has 0 radical (unpaired) electrons. The van der Waals surface area contributed by atoms with Crippen molar-refractivity contribution in [1.29, 1.82) is 0 Å². The second-order valence-electron chi connectivity index (χ2n) is 6.61. The first-order chi connectivity index (χ1) is 13.9. The van der Waals surface area contributed by atoms with Crippen LogP contribution in [-0.2, 0) is 11.2 Å². The van der Waals surface area contributed by atoms with E-state index < -0.39 is 6.10 Å². The molecular weight excluding hydrogens is 390 g/mol. The summed E-state index contributed by atoms with van der Waals surface area (Å²) in [5.41, 5.74) is 2.86. The van der Waals surface area contributed by atoms with Crippen LogP contribution in [0.1, 0.15) is 25.0 Å². The summed E-state index contributed by atoms with van der Waals surface area (Å²) in [6.07, 6.45) is -0.00387. The Kier molecular flexibility index (Phi) is 6.34. The number of ether oxygens (including phenoxy) is 1. The summed E-state index contributed by atoms with van der Waals surface area (Å²) in [5.74, 6) is -0.139. The Morgan fingerprint density at radius 2 is 1.97 bits per heavy atom. The van der Waals surface area contributed by atoms with Gasteiger partial charge < -0.3 is 10.1 Å². The Morgan fingerprint density at radius 1 is 1.21 bits per heavy atom. The van der Waals surface area contributed by atoms with Crippen molar-refractivity contribution in [3.63, 3.8) is 0 Å². The molecule has 150 valence electrons. The maximum atomic E-state index is 12.6. The Morgan fingerprint density at radius 3 is 2.72 bits per heavy atom. The molecule has 3 aromatic rings. The lowest BCUT2D eigenvalue weighted by molar-refractivity contribution is -0.122. The Balaban J connectivity index is 1.80. The first kappa shape index (κ1) is 20.6. The molecule has 7 heteroatoms. The normalized spacial score (nSPS) is 11.7. The van der Waals surface area contributed by atoms with Crippen LogP contribution in [0.3, 0.4) is 0 Å². The van der Waals surface area contributed by atoms with Gasteiger partial charge >= 0.3 is 0 Å². The van der Waals surface area contributed by atoms with Crippen molar-refractivity contribution in [1.82, 2.24) is 9.78 Å². The lowest BCUT2D eigenvalue weighted by atomic mass is 10.1. The smallest absolute Gasteiger partial charge is 0.271 e. The van der Waals surface area contributed by atoms with Crippen LogP contribution < -0.4 is 15.6 Å². The third kappa shape index (κ3) is 4.84. The van der Waals surface area contributed by atoms with Gasteiger partial charge in [-0.1, -0.05) is 42.8 Å². The first-order valence-corrected chi connectivity index (χ1v) is 9.69. The minimum atomic E-state index is -0.807. The van der Waals surface area contributed by atoms with E-state index in [2.05, 4.69) is 10.4 Å².